The number of nitrogens with one attached hydrogen (secondary N) is 1. The van der Waals surface area contributed by atoms with Crippen molar-refractivity contribution in [1.82, 2.24) is 5.32 Å². The summed E-state index contributed by atoms with van der Waals surface area (Å²) >= 11 is 0. The number of carbonyl (C=O) groups excluding carboxylic acids is 1. The van der Waals surface area contributed by atoms with Crippen LogP contribution in [0.15, 0.2) is 24.3 Å². The van der Waals surface area contributed by atoms with Crippen molar-refractivity contribution in [3.63, 3.8) is 0 Å². The Hall–Kier alpha value is -2.04. The molecule has 0 aliphatic rings. The minimum Gasteiger partial charge on any atom is -0.481 e. The number of benzene rings is 1. The van der Waals surface area contributed by atoms with Crippen LogP contribution < -0.4 is 5.32 Å². The number of hydrogen-bond donors (Lipinski definition) is 2. The molecular weight excluding hydrogens is 282 g/mol. The van der Waals surface area contributed by atoms with Gasteiger partial charge < -0.3 is 15.2 Å². The SMILES string of the molecule is CCC(CNC(=O)OC(C)(C)C)(C(=O)O)c1ccccc1C. The van der Waals surface area contributed by atoms with Crippen LogP contribution in [-0.2, 0) is 14.9 Å². The summed E-state index contributed by atoms with van der Waals surface area (Å²) in [5, 5.41) is 12.4. The molecule has 5 nitrogen and oxygen atoms in total. The maximum absolute atomic E-state index is 11.9. The van der Waals surface area contributed by atoms with E-state index in [0.717, 1.165) is 5.56 Å². The van der Waals surface area contributed by atoms with E-state index in [9.17, 15) is 14.7 Å². The van der Waals surface area contributed by atoms with Crippen molar-refractivity contribution >= 4 is 12.1 Å². The second-order valence-corrected chi connectivity index (χ2v) is 6.41. The first kappa shape index (κ1) is 18.0. The Balaban J connectivity index is 3.03. The lowest BCUT2D eigenvalue weighted by Gasteiger charge is -2.31. The van der Waals surface area contributed by atoms with Crippen molar-refractivity contribution in [1.29, 1.82) is 0 Å². The van der Waals surface area contributed by atoms with E-state index in [1.807, 2.05) is 25.1 Å². The molecule has 0 spiro atoms. The molecule has 0 saturated heterocycles. The summed E-state index contributed by atoms with van der Waals surface area (Å²) in [4.78, 5) is 23.7. The molecule has 1 unspecified atom stereocenters. The third-order valence-corrected chi connectivity index (χ3v) is 3.61. The summed E-state index contributed by atoms with van der Waals surface area (Å²) in [5.41, 5.74) is -0.189. The second kappa shape index (κ2) is 6.81. The largest absolute Gasteiger partial charge is 0.481 e. The molecule has 0 saturated carbocycles. The molecule has 1 amide bonds. The van der Waals surface area contributed by atoms with Gasteiger partial charge in [-0.3, -0.25) is 4.79 Å². The standard InChI is InChI=1S/C17H25NO4/c1-6-17(14(19)20,13-10-8-7-9-12(13)2)11-18-15(21)22-16(3,4)5/h7-10H,6,11H2,1-5H3,(H,18,21)(H,19,20). The van der Waals surface area contributed by atoms with Crippen LogP contribution in [0.2, 0.25) is 0 Å². The Labute approximate surface area is 131 Å². The Morgan fingerprint density at radius 2 is 1.82 bits per heavy atom. The first-order valence-electron chi connectivity index (χ1n) is 7.39. The molecule has 1 atom stereocenters. The number of alkyl carbamates (subject to hydrolysis) is 1. The number of rotatable bonds is 5. The molecule has 0 aliphatic carbocycles. The molecule has 1 aromatic rings. The number of carbonyl (C=O) groups is 2. The van der Waals surface area contributed by atoms with E-state index in [0.29, 0.717) is 12.0 Å². The van der Waals surface area contributed by atoms with Crippen LogP contribution in [0.5, 0.6) is 0 Å². The Kier molecular flexibility index (Phi) is 5.58. The first-order valence-corrected chi connectivity index (χ1v) is 7.39. The smallest absolute Gasteiger partial charge is 0.407 e. The van der Waals surface area contributed by atoms with Crippen molar-refractivity contribution in [3.8, 4) is 0 Å². The third-order valence-electron chi connectivity index (χ3n) is 3.61. The zero-order valence-electron chi connectivity index (χ0n) is 13.9. The molecular formula is C17H25NO4. The van der Waals surface area contributed by atoms with E-state index >= 15 is 0 Å². The molecule has 2 N–H and O–H groups in total. The molecule has 0 heterocycles. The topological polar surface area (TPSA) is 75.6 Å². The average molecular weight is 307 g/mol. The van der Waals surface area contributed by atoms with E-state index in [2.05, 4.69) is 5.32 Å². The van der Waals surface area contributed by atoms with Crippen molar-refractivity contribution in [2.45, 2.75) is 52.1 Å². The number of aryl methyl sites for hydroxylation is 1. The van der Waals surface area contributed by atoms with Crippen LogP contribution in [0.1, 0.15) is 45.2 Å². The molecule has 0 aliphatic heterocycles. The van der Waals surface area contributed by atoms with E-state index < -0.39 is 23.1 Å². The van der Waals surface area contributed by atoms with Gasteiger partial charge in [-0.1, -0.05) is 31.2 Å². The van der Waals surface area contributed by atoms with E-state index in [-0.39, 0.29) is 6.54 Å². The summed E-state index contributed by atoms with van der Waals surface area (Å²) < 4.78 is 5.18. The molecule has 0 bridgehead atoms. The molecule has 0 aromatic heterocycles. The predicted molar refractivity (Wildman–Crippen MR) is 85.0 cm³/mol. The fraction of sp³-hybridized carbons (Fsp3) is 0.529. The highest BCUT2D eigenvalue weighted by molar-refractivity contribution is 5.83. The lowest BCUT2D eigenvalue weighted by Crippen LogP contribution is -2.47. The lowest BCUT2D eigenvalue weighted by atomic mass is 9.76. The van der Waals surface area contributed by atoms with Crippen LogP contribution in [0.25, 0.3) is 0 Å². The number of amides is 1. The Bertz CT molecular complexity index is 548. The summed E-state index contributed by atoms with van der Waals surface area (Å²) in [6.45, 7) is 8.95. The van der Waals surface area contributed by atoms with Gasteiger partial charge in [0.1, 0.15) is 11.0 Å². The predicted octanol–water partition coefficient (Wildman–Crippen LogP) is 3.25. The second-order valence-electron chi connectivity index (χ2n) is 6.41. The summed E-state index contributed by atoms with van der Waals surface area (Å²) in [6, 6.07) is 7.34. The van der Waals surface area contributed by atoms with E-state index in [4.69, 9.17) is 4.74 Å². The fourth-order valence-electron chi connectivity index (χ4n) is 2.40. The number of carboxylic acids is 1. The van der Waals surface area contributed by atoms with Gasteiger partial charge in [0.15, 0.2) is 0 Å². The number of hydrogen-bond acceptors (Lipinski definition) is 3. The van der Waals surface area contributed by atoms with Gasteiger partial charge in [0.2, 0.25) is 0 Å². The third kappa shape index (κ3) is 4.23. The molecule has 0 fully saturated rings. The summed E-state index contributed by atoms with van der Waals surface area (Å²) in [7, 11) is 0. The molecule has 122 valence electrons. The zero-order chi connectivity index (χ0) is 17.0. The van der Waals surface area contributed by atoms with Crippen LogP contribution in [0.3, 0.4) is 0 Å². The van der Waals surface area contributed by atoms with Crippen LogP contribution in [-0.4, -0.2) is 29.3 Å². The Morgan fingerprint density at radius 1 is 1.23 bits per heavy atom. The average Bonchev–Trinajstić information content (AvgIpc) is 2.39. The molecule has 1 rings (SSSR count). The molecule has 22 heavy (non-hydrogen) atoms. The van der Waals surface area contributed by atoms with Gasteiger partial charge >= 0.3 is 12.1 Å². The lowest BCUT2D eigenvalue weighted by molar-refractivity contribution is -0.143. The molecule has 0 radical (unpaired) electrons. The normalized spacial score (nSPS) is 14.0. The highest BCUT2D eigenvalue weighted by atomic mass is 16.6. The molecule has 1 aromatic carbocycles. The number of aliphatic carboxylic acids is 1. The van der Waals surface area contributed by atoms with E-state index in [1.165, 1.54) is 0 Å². The van der Waals surface area contributed by atoms with Crippen LogP contribution in [0.4, 0.5) is 4.79 Å². The maximum Gasteiger partial charge on any atom is 0.407 e. The number of carboxylic acid groups (broad SMARTS) is 1. The van der Waals surface area contributed by atoms with Gasteiger partial charge in [0, 0.05) is 6.54 Å². The Morgan fingerprint density at radius 3 is 2.27 bits per heavy atom. The van der Waals surface area contributed by atoms with Gasteiger partial charge in [0.25, 0.3) is 0 Å². The van der Waals surface area contributed by atoms with Gasteiger partial charge in [-0.2, -0.15) is 0 Å². The molecule has 5 heteroatoms. The maximum atomic E-state index is 11.9. The van der Waals surface area contributed by atoms with Crippen molar-refractivity contribution in [3.05, 3.63) is 35.4 Å². The van der Waals surface area contributed by atoms with E-state index in [1.54, 1.807) is 33.8 Å². The zero-order valence-corrected chi connectivity index (χ0v) is 13.9. The fourth-order valence-corrected chi connectivity index (χ4v) is 2.40. The van der Waals surface area contributed by atoms with Crippen LogP contribution >= 0.6 is 0 Å². The van der Waals surface area contributed by atoms with Gasteiger partial charge in [0.05, 0.1) is 0 Å². The summed E-state index contributed by atoms with van der Waals surface area (Å²) in [6.07, 6.45) is -0.247. The van der Waals surface area contributed by atoms with Crippen LogP contribution in [0, 0.1) is 6.92 Å². The van der Waals surface area contributed by atoms with Gasteiger partial charge in [-0.05, 0) is 45.2 Å². The van der Waals surface area contributed by atoms with Crippen molar-refractivity contribution < 1.29 is 19.4 Å². The minimum absolute atomic E-state index is 0.0153. The first-order chi connectivity index (χ1) is 10.1. The van der Waals surface area contributed by atoms with Gasteiger partial charge in [-0.15, -0.1) is 0 Å². The highest BCUT2D eigenvalue weighted by Gasteiger charge is 2.40. The van der Waals surface area contributed by atoms with Crippen molar-refractivity contribution in [2.75, 3.05) is 6.54 Å². The number of ether oxygens (including phenoxy) is 1. The minimum atomic E-state index is -1.16. The van der Waals surface area contributed by atoms with Crippen molar-refractivity contribution in [2.24, 2.45) is 0 Å². The van der Waals surface area contributed by atoms with Gasteiger partial charge in [-0.25, -0.2) is 4.79 Å². The highest BCUT2D eigenvalue weighted by Crippen LogP contribution is 2.30. The summed E-state index contributed by atoms with van der Waals surface area (Å²) in [5.74, 6) is -0.958. The monoisotopic (exact) mass is 307 g/mol. The quantitative estimate of drug-likeness (QED) is 0.875.